The lowest BCUT2D eigenvalue weighted by molar-refractivity contribution is 0.00985. The summed E-state index contributed by atoms with van der Waals surface area (Å²) in [5, 5.41) is 4.54. The summed E-state index contributed by atoms with van der Waals surface area (Å²) in [4.78, 5) is 18.0. The fourth-order valence-electron chi connectivity index (χ4n) is 5.16. The van der Waals surface area contributed by atoms with E-state index in [9.17, 15) is 4.79 Å². The third-order valence-corrected chi connectivity index (χ3v) is 6.59. The van der Waals surface area contributed by atoms with Crippen LogP contribution in [-0.2, 0) is 6.54 Å². The van der Waals surface area contributed by atoms with Crippen LogP contribution in [0.5, 0.6) is 0 Å². The molecule has 0 N–H and O–H groups in total. The van der Waals surface area contributed by atoms with E-state index in [0.29, 0.717) is 6.54 Å². The first-order chi connectivity index (χ1) is 13.0. The van der Waals surface area contributed by atoms with Gasteiger partial charge in [0, 0.05) is 24.8 Å². The van der Waals surface area contributed by atoms with Crippen LogP contribution < -0.4 is 0 Å². The van der Waals surface area contributed by atoms with Gasteiger partial charge in [0.25, 0.3) is 5.91 Å². The summed E-state index contributed by atoms with van der Waals surface area (Å²) < 4.78 is 1.88. The van der Waals surface area contributed by atoms with Gasteiger partial charge in [-0.25, -0.2) is 0 Å². The first-order valence-electron chi connectivity index (χ1n) is 10.6. The minimum Gasteiger partial charge on any atom is -0.340 e. The maximum atomic E-state index is 13.3. The number of carbonyl (C=O) groups excluding carboxylic acids is 1. The Hall–Kier alpha value is -1.62. The van der Waals surface area contributed by atoms with Crippen molar-refractivity contribution in [1.29, 1.82) is 0 Å². The van der Waals surface area contributed by atoms with Gasteiger partial charge in [0.15, 0.2) is 0 Å². The number of rotatable bonds is 6. The van der Waals surface area contributed by atoms with Gasteiger partial charge in [-0.3, -0.25) is 14.4 Å². The normalized spacial score (nSPS) is 20.4. The second kappa shape index (κ2) is 8.59. The Kier molecular flexibility index (Phi) is 6.40. The predicted octanol–water partition coefficient (Wildman–Crippen LogP) is 3.95. The zero-order valence-electron chi connectivity index (χ0n) is 17.5. The Morgan fingerprint density at radius 3 is 2.41 bits per heavy atom. The summed E-state index contributed by atoms with van der Waals surface area (Å²) in [6.07, 6.45) is 12.1. The summed E-state index contributed by atoms with van der Waals surface area (Å²) in [6.45, 7) is 11.6. The van der Waals surface area contributed by atoms with Gasteiger partial charge in [-0.1, -0.05) is 31.8 Å². The highest BCUT2D eigenvalue weighted by molar-refractivity contribution is 5.96. The zero-order valence-corrected chi connectivity index (χ0v) is 17.5. The van der Waals surface area contributed by atoms with E-state index in [1.165, 1.54) is 64.5 Å². The Labute approximate surface area is 164 Å². The number of likely N-dealkylation sites (N-methyl/N-ethyl adjacent to an activating group) is 1. The Bertz CT molecular complexity index is 666. The van der Waals surface area contributed by atoms with Crippen LogP contribution in [0.15, 0.2) is 12.7 Å². The van der Waals surface area contributed by atoms with Crippen molar-refractivity contribution in [3.05, 3.63) is 29.6 Å². The fourth-order valence-corrected chi connectivity index (χ4v) is 5.16. The molecule has 0 unspecified atom stereocenters. The Balaban J connectivity index is 1.80. The highest BCUT2D eigenvalue weighted by atomic mass is 16.2. The summed E-state index contributed by atoms with van der Waals surface area (Å²) in [5.74, 6) is 0.113. The third-order valence-electron chi connectivity index (χ3n) is 6.59. The van der Waals surface area contributed by atoms with Gasteiger partial charge >= 0.3 is 0 Å². The SMILES string of the molecule is C=CCn1nc(C)c(C(=O)N(C)CC2(N3CCCCC3)CCCCC2)c1C. The van der Waals surface area contributed by atoms with E-state index in [1.807, 2.05) is 36.6 Å². The number of amides is 1. The minimum atomic E-state index is 0.113. The van der Waals surface area contributed by atoms with Crippen molar-refractivity contribution in [1.82, 2.24) is 19.6 Å². The number of aromatic nitrogens is 2. The van der Waals surface area contributed by atoms with Gasteiger partial charge < -0.3 is 4.90 Å². The lowest BCUT2D eigenvalue weighted by atomic mass is 9.78. The van der Waals surface area contributed by atoms with Gasteiger partial charge in [-0.15, -0.1) is 6.58 Å². The van der Waals surface area contributed by atoms with Gasteiger partial charge in [-0.2, -0.15) is 5.10 Å². The average molecular weight is 373 g/mol. The van der Waals surface area contributed by atoms with Crippen molar-refractivity contribution < 1.29 is 4.79 Å². The number of likely N-dealkylation sites (tertiary alicyclic amines) is 1. The summed E-state index contributed by atoms with van der Waals surface area (Å²) in [7, 11) is 1.98. The molecule has 150 valence electrons. The first-order valence-corrected chi connectivity index (χ1v) is 10.6. The lowest BCUT2D eigenvalue weighted by Crippen LogP contribution is -2.58. The van der Waals surface area contributed by atoms with Crippen LogP contribution in [0.25, 0.3) is 0 Å². The molecule has 0 bridgehead atoms. The van der Waals surface area contributed by atoms with Crippen LogP contribution in [0.4, 0.5) is 0 Å². The molecule has 2 aliphatic rings. The smallest absolute Gasteiger partial charge is 0.257 e. The molecular formula is C22H36N4O. The topological polar surface area (TPSA) is 41.4 Å². The van der Waals surface area contributed by atoms with E-state index in [0.717, 1.165) is 23.5 Å². The average Bonchev–Trinajstić information content (AvgIpc) is 2.96. The van der Waals surface area contributed by atoms with E-state index in [-0.39, 0.29) is 11.4 Å². The van der Waals surface area contributed by atoms with E-state index in [4.69, 9.17) is 0 Å². The summed E-state index contributed by atoms with van der Waals surface area (Å²) >= 11 is 0. The van der Waals surface area contributed by atoms with E-state index < -0.39 is 0 Å². The highest BCUT2D eigenvalue weighted by Crippen LogP contribution is 2.36. The number of hydrogen-bond acceptors (Lipinski definition) is 3. The molecule has 1 saturated heterocycles. The molecule has 0 aromatic carbocycles. The molecule has 1 aliphatic heterocycles. The van der Waals surface area contributed by atoms with Crippen LogP contribution >= 0.6 is 0 Å². The van der Waals surface area contributed by atoms with Crippen LogP contribution in [0, 0.1) is 13.8 Å². The van der Waals surface area contributed by atoms with Crippen LogP contribution in [0.1, 0.15) is 73.1 Å². The monoisotopic (exact) mass is 372 g/mol. The van der Waals surface area contributed by atoms with Crippen molar-refractivity contribution in [3.8, 4) is 0 Å². The Morgan fingerprint density at radius 2 is 1.78 bits per heavy atom. The standard InChI is InChI=1S/C22H36N4O/c1-5-14-26-19(3)20(18(2)23-26)21(27)24(4)17-22(12-8-6-9-13-22)25-15-10-7-11-16-25/h5H,1,6-17H2,2-4H3. The van der Waals surface area contributed by atoms with Crippen molar-refractivity contribution in [3.63, 3.8) is 0 Å². The molecule has 5 heteroatoms. The molecule has 3 rings (SSSR count). The first kappa shape index (κ1) is 20.1. The zero-order chi connectivity index (χ0) is 19.4. The Morgan fingerprint density at radius 1 is 1.15 bits per heavy atom. The molecule has 2 heterocycles. The van der Waals surface area contributed by atoms with Crippen molar-refractivity contribution in [2.45, 2.75) is 77.3 Å². The maximum Gasteiger partial charge on any atom is 0.257 e. The van der Waals surface area contributed by atoms with Crippen LogP contribution in [0.3, 0.4) is 0 Å². The van der Waals surface area contributed by atoms with E-state index in [2.05, 4.69) is 16.6 Å². The molecule has 2 fully saturated rings. The second-order valence-corrected chi connectivity index (χ2v) is 8.51. The van der Waals surface area contributed by atoms with Crippen LogP contribution in [-0.4, -0.2) is 57.7 Å². The second-order valence-electron chi connectivity index (χ2n) is 8.51. The number of hydrogen-bond donors (Lipinski definition) is 0. The van der Waals surface area contributed by atoms with E-state index in [1.54, 1.807) is 0 Å². The number of nitrogens with zero attached hydrogens (tertiary/aromatic N) is 4. The maximum absolute atomic E-state index is 13.3. The van der Waals surface area contributed by atoms with Gasteiger partial charge in [0.2, 0.25) is 0 Å². The molecule has 27 heavy (non-hydrogen) atoms. The molecule has 1 saturated carbocycles. The number of allylic oxidation sites excluding steroid dienone is 1. The molecule has 1 amide bonds. The van der Waals surface area contributed by atoms with Gasteiger partial charge in [0.05, 0.1) is 17.8 Å². The molecule has 0 atom stereocenters. The van der Waals surface area contributed by atoms with Gasteiger partial charge in [0.1, 0.15) is 0 Å². The van der Waals surface area contributed by atoms with Crippen molar-refractivity contribution in [2.24, 2.45) is 0 Å². The highest BCUT2D eigenvalue weighted by Gasteiger charge is 2.40. The van der Waals surface area contributed by atoms with Crippen LogP contribution in [0.2, 0.25) is 0 Å². The minimum absolute atomic E-state index is 0.113. The molecular weight excluding hydrogens is 336 g/mol. The molecule has 1 aromatic heterocycles. The van der Waals surface area contributed by atoms with Crippen molar-refractivity contribution >= 4 is 5.91 Å². The predicted molar refractivity (Wildman–Crippen MR) is 110 cm³/mol. The molecule has 1 aliphatic carbocycles. The molecule has 0 radical (unpaired) electrons. The summed E-state index contributed by atoms with van der Waals surface area (Å²) in [6, 6.07) is 0. The lowest BCUT2D eigenvalue weighted by Gasteiger charge is -2.49. The molecule has 0 spiro atoms. The van der Waals surface area contributed by atoms with E-state index >= 15 is 0 Å². The third kappa shape index (κ3) is 4.13. The fraction of sp³-hybridized carbons (Fsp3) is 0.727. The number of piperidine rings is 1. The quantitative estimate of drug-likeness (QED) is 0.710. The number of carbonyl (C=O) groups is 1. The molecule has 1 aromatic rings. The number of aryl methyl sites for hydroxylation is 1. The molecule has 5 nitrogen and oxygen atoms in total. The largest absolute Gasteiger partial charge is 0.340 e. The van der Waals surface area contributed by atoms with Crippen molar-refractivity contribution in [2.75, 3.05) is 26.7 Å². The van der Waals surface area contributed by atoms with Gasteiger partial charge in [-0.05, 0) is 52.6 Å². The summed E-state index contributed by atoms with van der Waals surface area (Å²) in [5.41, 5.74) is 2.70.